The van der Waals surface area contributed by atoms with Gasteiger partial charge in [-0.25, -0.2) is 0 Å². The van der Waals surface area contributed by atoms with Crippen molar-refractivity contribution in [1.82, 2.24) is 0 Å². The van der Waals surface area contributed by atoms with Gasteiger partial charge in [-0.05, 0) is 31.4 Å². The second kappa shape index (κ2) is 7.88. The highest BCUT2D eigenvalue weighted by Gasteiger charge is 2.40. The first-order chi connectivity index (χ1) is 11.4. The number of rotatable bonds is 7. The highest BCUT2D eigenvalue weighted by atomic mass is 16.5. The zero-order chi connectivity index (χ0) is 17.6. The molecule has 1 atom stereocenters. The van der Waals surface area contributed by atoms with Crippen molar-refractivity contribution < 1.29 is 14.3 Å². The van der Waals surface area contributed by atoms with Crippen LogP contribution < -0.4 is 5.73 Å². The molecule has 0 amide bonds. The summed E-state index contributed by atoms with van der Waals surface area (Å²) in [5, 5.41) is 0. The summed E-state index contributed by atoms with van der Waals surface area (Å²) in [5.74, 6) is -0.871. The molecule has 0 saturated heterocycles. The lowest BCUT2D eigenvalue weighted by Crippen LogP contribution is -2.46. The Morgan fingerprint density at radius 1 is 0.958 bits per heavy atom. The van der Waals surface area contributed by atoms with Crippen molar-refractivity contribution in [3.63, 3.8) is 0 Å². The summed E-state index contributed by atoms with van der Waals surface area (Å²) in [6.45, 7) is 3.27. The molecule has 2 aromatic rings. The lowest BCUT2D eigenvalue weighted by atomic mass is 9.82. The van der Waals surface area contributed by atoms with E-state index in [-0.39, 0.29) is 12.4 Å². The Bertz CT molecular complexity index is 681. The fraction of sp³-hybridized carbons (Fsp3) is 0.300. The Balaban J connectivity index is 1.96. The van der Waals surface area contributed by atoms with Gasteiger partial charge in [0.15, 0.2) is 5.78 Å². The van der Waals surface area contributed by atoms with E-state index in [4.69, 9.17) is 10.5 Å². The van der Waals surface area contributed by atoms with E-state index in [1.165, 1.54) is 0 Å². The standard InChI is InChI=1S/C20H23NO3/c1-20(2,19(23)24-14-16-11-7-4-8-12-16)18(22)17(21)13-15-9-5-3-6-10-15/h3-12,17H,13-14,21H2,1-2H3/t17-/m0/s1. The normalized spacial score (nSPS) is 12.5. The van der Waals surface area contributed by atoms with Crippen molar-refractivity contribution >= 4 is 11.8 Å². The quantitative estimate of drug-likeness (QED) is 0.628. The van der Waals surface area contributed by atoms with E-state index >= 15 is 0 Å². The molecule has 126 valence electrons. The fourth-order valence-electron chi connectivity index (χ4n) is 2.43. The van der Waals surface area contributed by atoms with Gasteiger partial charge in [0.1, 0.15) is 12.0 Å². The molecule has 0 bridgehead atoms. The molecule has 0 aliphatic rings. The molecule has 0 aromatic heterocycles. The molecular formula is C20H23NO3. The van der Waals surface area contributed by atoms with Gasteiger partial charge < -0.3 is 10.5 Å². The van der Waals surface area contributed by atoms with Crippen LogP contribution in [0.3, 0.4) is 0 Å². The molecule has 0 fully saturated rings. The number of hydrogen-bond acceptors (Lipinski definition) is 4. The number of ketones is 1. The van der Waals surface area contributed by atoms with Gasteiger partial charge >= 0.3 is 5.97 Å². The van der Waals surface area contributed by atoms with Gasteiger partial charge in [0, 0.05) is 0 Å². The molecule has 2 rings (SSSR count). The van der Waals surface area contributed by atoms with Gasteiger partial charge in [-0.15, -0.1) is 0 Å². The van der Waals surface area contributed by atoms with E-state index in [1.54, 1.807) is 13.8 Å². The molecule has 0 unspecified atom stereocenters. The van der Waals surface area contributed by atoms with Crippen LogP contribution >= 0.6 is 0 Å². The maximum Gasteiger partial charge on any atom is 0.319 e. The summed E-state index contributed by atoms with van der Waals surface area (Å²) in [7, 11) is 0. The molecule has 2 N–H and O–H groups in total. The van der Waals surface area contributed by atoms with Crippen molar-refractivity contribution in [2.75, 3.05) is 0 Å². The minimum Gasteiger partial charge on any atom is -0.460 e. The fourth-order valence-corrected chi connectivity index (χ4v) is 2.43. The van der Waals surface area contributed by atoms with E-state index in [0.717, 1.165) is 11.1 Å². The van der Waals surface area contributed by atoms with Crippen molar-refractivity contribution in [3.05, 3.63) is 71.8 Å². The van der Waals surface area contributed by atoms with Crippen molar-refractivity contribution in [2.24, 2.45) is 11.1 Å². The first kappa shape index (κ1) is 17.9. The molecule has 4 nitrogen and oxygen atoms in total. The number of nitrogens with two attached hydrogens (primary N) is 1. The van der Waals surface area contributed by atoms with Crippen LogP contribution in [0.2, 0.25) is 0 Å². The minimum absolute atomic E-state index is 0.143. The van der Waals surface area contributed by atoms with Gasteiger partial charge in [0.2, 0.25) is 0 Å². The molecule has 0 aliphatic heterocycles. The zero-order valence-corrected chi connectivity index (χ0v) is 14.1. The third kappa shape index (κ3) is 4.52. The van der Waals surface area contributed by atoms with Gasteiger partial charge in [0.25, 0.3) is 0 Å². The minimum atomic E-state index is -1.27. The average Bonchev–Trinajstić information content (AvgIpc) is 2.60. The number of carbonyl (C=O) groups is 2. The van der Waals surface area contributed by atoms with Crippen LogP contribution in [0.4, 0.5) is 0 Å². The molecular weight excluding hydrogens is 302 g/mol. The van der Waals surface area contributed by atoms with Gasteiger partial charge in [-0.1, -0.05) is 60.7 Å². The average molecular weight is 325 g/mol. The molecule has 4 heteroatoms. The first-order valence-corrected chi connectivity index (χ1v) is 7.96. The third-order valence-corrected chi connectivity index (χ3v) is 3.97. The maximum atomic E-state index is 12.6. The number of esters is 1. The Morgan fingerprint density at radius 3 is 2.00 bits per heavy atom. The SMILES string of the molecule is CC(C)(C(=O)OCc1ccccc1)C(=O)[C@@H](N)Cc1ccccc1. The van der Waals surface area contributed by atoms with E-state index in [1.807, 2.05) is 60.7 Å². The van der Waals surface area contributed by atoms with Crippen molar-refractivity contribution in [3.8, 4) is 0 Å². The van der Waals surface area contributed by atoms with E-state index in [0.29, 0.717) is 6.42 Å². The number of carbonyl (C=O) groups excluding carboxylic acids is 2. The highest BCUT2D eigenvalue weighted by Crippen LogP contribution is 2.22. The monoisotopic (exact) mass is 325 g/mol. The van der Waals surface area contributed by atoms with Crippen LogP contribution in [0.25, 0.3) is 0 Å². The smallest absolute Gasteiger partial charge is 0.319 e. The van der Waals surface area contributed by atoms with E-state index < -0.39 is 17.4 Å². The first-order valence-electron chi connectivity index (χ1n) is 7.96. The van der Waals surface area contributed by atoms with Crippen LogP contribution in [0.15, 0.2) is 60.7 Å². The van der Waals surface area contributed by atoms with E-state index in [2.05, 4.69) is 0 Å². The molecule has 0 radical (unpaired) electrons. The van der Waals surface area contributed by atoms with Crippen LogP contribution in [-0.2, 0) is 27.4 Å². The third-order valence-electron chi connectivity index (χ3n) is 3.97. The lowest BCUT2D eigenvalue weighted by molar-refractivity contribution is -0.159. The topological polar surface area (TPSA) is 69.4 Å². The molecule has 0 aliphatic carbocycles. The van der Waals surface area contributed by atoms with Crippen LogP contribution in [-0.4, -0.2) is 17.8 Å². The number of benzene rings is 2. The van der Waals surface area contributed by atoms with E-state index in [9.17, 15) is 9.59 Å². The Morgan fingerprint density at radius 2 is 1.46 bits per heavy atom. The Labute approximate surface area is 142 Å². The summed E-state index contributed by atoms with van der Waals surface area (Å²) >= 11 is 0. The van der Waals surface area contributed by atoms with Crippen LogP contribution in [0, 0.1) is 5.41 Å². The zero-order valence-electron chi connectivity index (χ0n) is 14.1. The second-order valence-electron chi connectivity index (χ2n) is 6.35. The largest absolute Gasteiger partial charge is 0.460 e. The number of ether oxygens (including phenoxy) is 1. The summed E-state index contributed by atoms with van der Waals surface area (Å²) in [5.41, 5.74) is 6.59. The van der Waals surface area contributed by atoms with Gasteiger partial charge in [0.05, 0.1) is 6.04 Å². The lowest BCUT2D eigenvalue weighted by Gasteiger charge is -2.24. The predicted molar refractivity (Wildman–Crippen MR) is 93.1 cm³/mol. The Hall–Kier alpha value is -2.46. The Kier molecular flexibility index (Phi) is 5.88. The molecule has 0 heterocycles. The summed E-state index contributed by atoms with van der Waals surface area (Å²) in [6, 6.07) is 18.1. The summed E-state index contributed by atoms with van der Waals surface area (Å²) < 4.78 is 5.30. The summed E-state index contributed by atoms with van der Waals surface area (Å²) in [4.78, 5) is 24.9. The summed E-state index contributed by atoms with van der Waals surface area (Å²) in [6.07, 6.45) is 0.398. The molecule has 0 spiro atoms. The highest BCUT2D eigenvalue weighted by molar-refractivity contribution is 6.05. The van der Waals surface area contributed by atoms with Crippen molar-refractivity contribution in [2.45, 2.75) is 32.9 Å². The molecule has 2 aromatic carbocycles. The van der Waals surface area contributed by atoms with Gasteiger partial charge in [-0.2, -0.15) is 0 Å². The molecule has 0 saturated carbocycles. The van der Waals surface area contributed by atoms with Crippen LogP contribution in [0.5, 0.6) is 0 Å². The number of Topliss-reactive ketones (excluding diaryl/α,β-unsaturated/α-hetero) is 1. The molecule has 24 heavy (non-hydrogen) atoms. The van der Waals surface area contributed by atoms with Crippen LogP contribution in [0.1, 0.15) is 25.0 Å². The second-order valence-corrected chi connectivity index (χ2v) is 6.35. The van der Waals surface area contributed by atoms with Gasteiger partial charge in [-0.3, -0.25) is 9.59 Å². The van der Waals surface area contributed by atoms with Crippen molar-refractivity contribution in [1.29, 1.82) is 0 Å². The predicted octanol–water partition coefficient (Wildman–Crippen LogP) is 2.90. The maximum absolute atomic E-state index is 12.6. The number of hydrogen-bond donors (Lipinski definition) is 1.